The topological polar surface area (TPSA) is 34.9 Å². The second kappa shape index (κ2) is 5.75. The Morgan fingerprint density at radius 3 is 2.54 bits per heavy atom. The molecule has 1 aliphatic rings. The summed E-state index contributed by atoms with van der Waals surface area (Å²) in [6, 6.07) is 16.8. The minimum atomic E-state index is 0.195. The summed E-state index contributed by atoms with van der Waals surface area (Å²) in [5, 5.41) is 4.49. The Morgan fingerprint density at radius 2 is 1.79 bits per heavy atom. The number of fused-ring (bicyclic) bond motifs is 1. The van der Waals surface area contributed by atoms with Crippen LogP contribution in [0.5, 0.6) is 0 Å². The SMILES string of the molecule is Cc1ccc(-n2ncc3c2C[C@H](c2cccc(C)c2)CC3=O)cc1. The molecule has 0 unspecified atom stereocenters. The number of nitrogens with zero attached hydrogens (tertiary/aromatic N) is 2. The molecule has 0 spiro atoms. The summed E-state index contributed by atoms with van der Waals surface area (Å²) in [4.78, 5) is 12.6. The Labute approximate surface area is 141 Å². The molecule has 4 rings (SSSR count). The predicted octanol–water partition coefficient (Wildman–Crippen LogP) is 4.40. The van der Waals surface area contributed by atoms with Crippen LogP contribution < -0.4 is 0 Å². The third kappa shape index (κ3) is 2.56. The summed E-state index contributed by atoms with van der Waals surface area (Å²) in [7, 11) is 0. The third-order valence-electron chi connectivity index (χ3n) is 4.83. The van der Waals surface area contributed by atoms with Gasteiger partial charge in [-0.25, -0.2) is 4.68 Å². The van der Waals surface area contributed by atoms with E-state index >= 15 is 0 Å². The monoisotopic (exact) mass is 316 g/mol. The molecule has 0 amide bonds. The van der Waals surface area contributed by atoms with Crippen LogP contribution in [-0.4, -0.2) is 15.6 Å². The van der Waals surface area contributed by atoms with Gasteiger partial charge in [-0.3, -0.25) is 4.79 Å². The molecule has 0 saturated heterocycles. The van der Waals surface area contributed by atoms with Crippen molar-refractivity contribution in [2.75, 3.05) is 0 Å². The van der Waals surface area contributed by atoms with E-state index in [0.29, 0.717) is 6.42 Å². The first-order chi connectivity index (χ1) is 11.6. The van der Waals surface area contributed by atoms with Crippen molar-refractivity contribution in [3.8, 4) is 5.69 Å². The number of hydrogen-bond donors (Lipinski definition) is 0. The Hall–Kier alpha value is -2.68. The molecule has 1 aliphatic carbocycles. The highest BCUT2D eigenvalue weighted by atomic mass is 16.1. The molecule has 1 aromatic heterocycles. The predicted molar refractivity (Wildman–Crippen MR) is 94.9 cm³/mol. The zero-order chi connectivity index (χ0) is 16.7. The van der Waals surface area contributed by atoms with E-state index in [1.165, 1.54) is 16.7 Å². The van der Waals surface area contributed by atoms with Crippen LogP contribution in [0.4, 0.5) is 0 Å². The van der Waals surface area contributed by atoms with E-state index in [-0.39, 0.29) is 11.7 Å². The maximum atomic E-state index is 12.6. The number of ketones is 1. The van der Waals surface area contributed by atoms with Gasteiger partial charge in [0, 0.05) is 6.42 Å². The van der Waals surface area contributed by atoms with E-state index in [4.69, 9.17) is 0 Å². The second-order valence-electron chi connectivity index (χ2n) is 6.69. The van der Waals surface area contributed by atoms with E-state index in [0.717, 1.165) is 23.4 Å². The Bertz CT molecular complexity index is 906. The van der Waals surface area contributed by atoms with Crippen molar-refractivity contribution >= 4 is 5.78 Å². The van der Waals surface area contributed by atoms with Crippen molar-refractivity contribution in [3.05, 3.63) is 82.7 Å². The molecule has 0 N–H and O–H groups in total. The zero-order valence-electron chi connectivity index (χ0n) is 14.0. The molecule has 1 heterocycles. The van der Waals surface area contributed by atoms with Crippen molar-refractivity contribution in [2.24, 2.45) is 0 Å². The van der Waals surface area contributed by atoms with Gasteiger partial charge in [0.15, 0.2) is 5.78 Å². The second-order valence-corrected chi connectivity index (χ2v) is 6.69. The summed E-state index contributed by atoms with van der Waals surface area (Å²) >= 11 is 0. The minimum Gasteiger partial charge on any atom is -0.294 e. The number of benzene rings is 2. The van der Waals surface area contributed by atoms with E-state index < -0.39 is 0 Å². The quantitative estimate of drug-likeness (QED) is 0.702. The van der Waals surface area contributed by atoms with Gasteiger partial charge in [0.1, 0.15) is 0 Å². The van der Waals surface area contributed by atoms with Crippen LogP contribution in [0.15, 0.2) is 54.7 Å². The summed E-state index contributed by atoms with van der Waals surface area (Å²) < 4.78 is 1.93. The van der Waals surface area contributed by atoms with Crippen LogP contribution in [0.1, 0.15) is 45.1 Å². The lowest BCUT2D eigenvalue weighted by Gasteiger charge is -2.23. The lowest BCUT2D eigenvalue weighted by Crippen LogP contribution is -2.20. The van der Waals surface area contributed by atoms with E-state index in [1.54, 1.807) is 6.20 Å². The van der Waals surface area contributed by atoms with Crippen molar-refractivity contribution in [3.63, 3.8) is 0 Å². The highest BCUT2D eigenvalue weighted by Crippen LogP contribution is 2.34. The Balaban J connectivity index is 1.75. The highest BCUT2D eigenvalue weighted by Gasteiger charge is 2.30. The molecule has 0 bridgehead atoms. The molecule has 0 radical (unpaired) electrons. The van der Waals surface area contributed by atoms with Gasteiger partial charge >= 0.3 is 0 Å². The van der Waals surface area contributed by atoms with Crippen LogP contribution in [0.25, 0.3) is 5.69 Å². The normalized spacial score (nSPS) is 16.9. The number of carbonyl (C=O) groups excluding carboxylic acids is 1. The fraction of sp³-hybridized carbons (Fsp3) is 0.238. The zero-order valence-corrected chi connectivity index (χ0v) is 14.0. The van der Waals surface area contributed by atoms with Gasteiger partial charge in [-0.05, 0) is 43.9 Å². The maximum Gasteiger partial charge on any atom is 0.166 e. The van der Waals surface area contributed by atoms with Gasteiger partial charge in [0.05, 0.1) is 23.1 Å². The van der Waals surface area contributed by atoms with E-state index in [1.807, 2.05) is 4.68 Å². The largest absolute Gasteiger partial charge is 0.294 e. The smallest absolute Gasteiger partial charge is 0.166 e. The average Bonchev–Trinajstić information content (AvgIpc) is 3.00. The van der Waals surface area contributed by atoms with Gasteiger partial charge in [-0.2, -0.15) is 5.10 Å². The number of hydrogen-bond acceptors (Lipinski definition) is 2. The molecule has 24 heavy (non-hydrogen) atoms. The number of aryl methyl sites for hydroxylation is 2. The molecule has 120 valence electrons. The number of carbonyl (C=O) groups is 1. The van der Waals surface area contributed by atoms with Crippen molar-refractivity contribution in [1.29, 1.82) is 0 Å². The molecule has 3 heteroatoms. The molecule has 0 saturated carbocycles. The minimum absolute atomic E-state index is 0.195. The van der Waals surface area contributed by atoms with Gasteiger partial charge in [0.2, 0.25) is 0 Å². The number of Topliss-reactive ketones (excluding diaryl/α,β-unsaturated/α-hetero) is 1. The molecule has 3 aromatic rings. The van der Waals surface area contributed by atoms with Crippen LogP contribution in [0.2, 0.25) is 0 Å². The first kappa shape index (κ1) is 14.9. The highest BCUT2D eigenvalue weighted by molar-refractivity contribution is 5.98. The van der Waals surface area contributed by atoms with Crippen LogP contribution >= 0.6 is 0 Å². The first-order valence-electron chi connectivity index (χ1n) is 8.35. The standard InChI is InChI=1S/C21H20N2O/c1-14-6-8-18(9-7-14)23-20-11-17(12-21(24)19(20)13-22-23)16-5-3-4-15(2)10-16/h3-10,13,17H,11-12H2,1-2H3/t17-/m0/s1. The number of rotatable bonds is 2. The molecule has 2 aromatic carbocycles. The molecular weight excluding hydrogens is 296 g/mol. The Morgan fingerprint density at radius 1 is 1.00 bits per heavy atom. The van der Waals surface area contributed by atoms with Gasteiger partial charge < -0.3 is 0 Å². The molecule has 0 aliphatic heterocycles. The first-order valence-corrected chi connectivity index (χ1v) is 8.35. The van der Waals surface area contributed by atoms with Gasteiger partial charge in [-0.1, -0.05) is 47.5 Å². The van der Waals surface area contributed by atoms with E-state index in [2.05, 4.69) is 67.5 Å². The average molecular weight is 316 g/mol. The van der Waals surface area contributed by atoms with Gasteiger partial charge in [0.25, 0.3) is 0 Å². The Kier molecular flexibility index (Phi) is 3.57. The summed E-state index contributed by atoms with van der Waals surface area (Å²) in [6.07, 6.45) is 3.14. The van der Waals surface area contributed by atoms with Crippen LogP contribution in [0, 0.1) is 13.8 Å². The van der Waals surface area contributed by atoms with Crippen LogP contribution in [0.3, 0.4) is 0 Å². The van der Waals surface area contributed by atoms with E-state index in [9.17, 15) is 4.79 Å². The van der Waals surface area contributed by atoms with Crippen molar-refractivity contribution < 1.29 is 4.79 Å². The fourth-order valence-corrected chi connectivity index (χ4v) is 3.51. The summed E-state index contributed by atoms with van der Waals surface area (Å²) in [5.41, 5.74) is 6.51. The van der Waals surface area contributed by atoms with Crippen LogP contribution in [-0.2, 0) is 6.42 Å². The molecular formula is C21H20N2O. The molecule has 1 atom stereocenters. The maximum absolute atomic E-state index is 12.6. The lowest BCUT2D eigenvalue weighted by atomic mass is 9.82. The summed E-state index contributed by atoms with van der Waals surface area (Å²) in [6.45, 7) is 4.16. The van der Waals surface area contributed by atoms with Gasteiger partial charge in [-0.15, -0.1) is 0 Å². The van der Waals surface area contributed by atoms with Crippen molar-refractivity contribution in [1.82, 2.24) is 9.78 Å². The third-order valence-corrected chi connectivity index (χ3v) is 4.83. The lowest BCUT2D eigenvalue weighted by molar-refractivity contribution is 0.0963. The molecule has 0 fully saturated rings. The molecule has 3 nitrogen and oxygen atoms in total. The summed E-state index contributed by atoms with van der Waals surface area (Å²) in [5.74, 6) is 0.423. The fourth-order valence-electron chi connectivity index (χ4n) is 3.51. The van der Waals surface area contributed by atoms with Crippen molar-refractivity contribution in [2.45, 2.75) is 32.6 Å². The number of aromatic nitrogens is 2.